The van der Waals surface area contributed by atoms with Crippen LogP contribution in [0.1, 0.15) is 6.42 Å². The van der Waals surface area contributed by atoms with Gasteiger partial charge in [0.2, 0.25) is 5.91 Å². The summed E-state index contributed by atoms with van der Waals surface area (Å²) in [5.74, 6) is -0.280. The van der Waals surface area contributed by atoms with Crippen molar-refractivity contribution in [3.05, 3.63) is 0 Å². The van der Waals surface area contributed by atoms with Crippen molar-refractivity contribution in [1.82, 2.24) is 5.32 Å². The van der Waals surface area contributed by atoms with E-state index < -0.39 is 28.8 Å². The van der Waals surface area contributed by atoms with Gasteiger partial charge in [-0.2, -0.15) is 0 Å². The molecule has 1 heterocycles. The Hall–Kier alpha value is -0.380. The van der Waals surface area contributed by atoms with Crippen molar-refractivity contribution in [2.45, 2.75) is 35.2 Å². The van der Waals surface area contributed by atoms with Gasteiger partial charge in [-0.3, -0.25) is 4.79 Å². The first-order chi connectivity index (χ1) is 8.51. The molecule has 5 atom stereocenters. The normalized spacial score (nSPS) is 36.4. The molecule has 1 fully saturated rings. The van der Waals surface area contributed by atoms with Crippen molar-refractivity contribution in [2.24, 2.45) is 5.73 Å². The van der Waals surface area contributed by atoms with Crippen LogP contribution in [0.5, 0.6) is 0 Å². The highest BCUT2D eigenvalue weighted by atomic mass is 32.2. The summed E-state index contributed by atoms with van der Waals surface area (Å²) in [4.78, 5) is 11.5. The number of nitrogens with two attached hydrogens (primary N) is 1. The molecule has 7 N–H and O–H groups in total. The van der Waals surface area contributed by atoms with E-state index in [-0.39, 0.29) is 18.9 Å². The van der Waals surface area contributed by atoms with E-state index in [1.165, 1.54) is 0 Å². The molecule has 0 unspecified atom stereocenters. The summed E-state index contributed by atoms with van der Waals surface area (Å²) in [6.07, 6.45) is -3.74. The van der Waals surface area contributed by atoms with Crippen LogP contribution in [0.25, 0.3) is 0 Å². The van der Waals surface area contributed by atoms with Crippen molar-refractivity contribution in [3.63, 3.8) is 0 Å². The molecule has 0 aliphatic carbocycles. The lowest BCUT2D eigenvalue weighted by molar-refractivity contribution is -0.122. The van der Waals surface area contributed by atoms with Gasteiger partial charge in [-0.25, -0.2) is 0 Å². The highest BCUT2D eigenvalue weighted by Gasteiger charge is 2.43. The monoisotopic (exact) mass is 280 g/mol. The third-order valence-electron chi connectivity index (χ3n) is 2.84. The fourth-order valence-corrected chi connectivity index (χ4v) is 3.24. The molecule has 1 saturated heterocycles. The first-order valence-corrected chi connectivity index (χ1v) is 6.72. The Morgan fingerprint density at radius 2 is 1.78 bits per heavy atom. The van der Waals surface area contributed by atoms with E-state index in [1.54, 1.807) is 0 Å². The zero-order valence-electron chi connectivity index (χ0n) is 9.90. The number of hydrogen-bond donors (Lipinski definition) is 6. The summed E-state index contributed by atoms with van der Waals surface area (Å²) >= 11 is 1.11. The molecule has 0 spiro atoms. The Balaban J connectivity index is 2.56. The Morgan fingerprint density at radius 3 is 2.33 bits per heavy atom. The predicted octanol–water partition coefficient (Wildman–Crippen LogP) is -2.99. The molecular formula is C10H20N2O5S. The highest BCUT2D eigenvalue weighted by molar-refractivity contribution is 8.00. The van der Waals surface area contributed by atoms with Gasteiger partial charge in [-0.1, -0.05) is 0 Å². The first-order valence-electron chi connectivity index (χ1n) is 5.78. The van der Waals surface area contributed by atoms with Gasteiger partial charge in [0.25, 0.3) is 0 Å². The number of nitrogens with one attached hydrogen (secondary N) is 1. The molecule has 0 aromatic heterocycles. The van der Waals surface area contributed by atoms with Crippen LogP contribution in [-0.4, -0.2) is 74.8 Å². The SMILES string of the molecule is NCCNC(=O)C[C@@H]1S[C@H](CO)[C@H](O)[C@H](O)[C@H]1O. The predicted molar refractivity (Wildman–Crippen MR) is 67.0 cm³/mol. The van der Waals surface area contributed by atoms with E-state index in [4.69, 9.17) is 10.8 Å². The number of thioether (sulfide) groups is 1. The molecular weight excluding hydrogens is 260 g/mol. The van der Waals surface area contributed by atoms with Crippen LogP contribution in [0.3, 0.4) is 0 Å². The van der Waals surface area contributed by atoms with Crippen LogP contribution < -0.4 is 11.1 Å². The van der Waals surface area contributed by atoms with E-state index in [0.29, 0.717) is 13.1 Å². The van der Waals surface area contributed by atoms with Gasteiger partial charge in [0.1, 0.15) is 6.10 Å². The number of carbonyl (C=O) groups excluding carboxylic acids is 1. The smallest absolute Gasteiger partial charge is 0.221 e. The van der Waals surface area contributed by atoms with Crippen LogP contribution >= 0.6 is 11.8 Å². The Morgan fingerprint density at radius 1 is 1.17 bits per heavy atom. The summed E-state index contributed by atoms with van der Waals surface area (Å²) < 4.78 is 0. The van der Waals surface area contributed by atoms with Crippen LogP contribution in [-0.2, 0) is 4.79 Å². The number of hydrogen-bond acceptors (Lipinski definition) is 7. The molecule has 8 heteroatoms. The fraction of sp³-hybridized carbons (Fsp3) is 0.900. The van der Waals surface area contributed by atoms with Crippen LogP contribution in [0.4, 0.5) is 0 Å². The third-order valence-corrected chi connectivity index (χ3v) is 4.42. The molecule has 18 heavy (non-hydrogen) atoms. The number of rotatable bonds is 5. The summed E-state index contributed by atoms with van der Waals surface area (Å²) in [7, 11) is 0. The molecule has 0 aromatic carbocycles. The Kier molecular flexibility index (Phi) is 6.33. The zero-order chi connectivity index (χ0) is 13.7. The van der Waals surface area contributed by atoms with E-state index in [0.717, 1.165) is 11.8 Å². The minimum atomic E-state index is -1.35. The molecule has 0 saturated carbocycles. The lowest BCUT2D eigenvalue weighted by Gasteiger charge is -2.39. The van der Waals surface area contributed by atoms with Gasteiger partial charge in [0, 0.05) is 24.8 Å². The molecule has 7 nitrogen and oxygen atoms in total. The second kappa shape index (κ2) is 7.27. The van der Waals surface area contributed by atoms with Crippen molar-refractivity contribution in [2.75, 3.05) is 19.7 Å². The van der Waals surface area contributed by atoms with Crippen molar-refractivity contribution >= 4 is 17.7 Å². The lowest BCUT2D eigenvalue weighted by atomic mass is 9.99. The van der Waals surface area contributed by atoms with Crippen molar-refractivity contribution < 1.29 is 25.2 Å². The second-order valence-electron chi connectivity index (χ2n) is 4.21. The molecule has 0 bridgehead atoms. The van der Waals surface area contributed by atoms with E-state index >= 15 is 0 Å². The average molecular weight is 280 g/mol. The molecule has 1 aliphatic heterocycles. The largest absolute Gasteiger partial charge is 0.395 e. The number of aliphatic hydroxyl groups excluding tert-OH is 4. The van der Waals surface area contributed by atoms with Gasteiger partial charge in [-0.05, 0) is 0 Å². The number of aliphatic hydroxyl groups is 4. The summed E-state index contributed by atoms with van der Waals surface area (Å²) in [5, 5.41) is 39.5. The molecule has 0 radical (unpaired) electrons. The highest BCUT2D eigenvalue weighted by Crippen LogP contribution is 2.34. The maximum atomic E-state index is 11.5. The van der Waals surface area contributed by atoms with Crippen LogP contribution in [0, 0.1) is 0 Å². The van der Waals surface area contributed by atoms with E-state index in [9.17, 15) is 20.1 Å². The molecule has 0 aromatic rings. The second-order valence-corrected chi connectivity index (χ2v) is 5.69. The third kappa shape index (κ3) is 3.81. The first kappa shape index (κ1) is 15.7. The van der Waals surface area contributed by atoms with Crippen molar-refractivity contribution in [1.29, 1.82) is 0 Å². The Bertz CT molecular complexity index is 279. The number of amides is 1. The zero-order valence-corrected chi connectivity index (χ0v) is 10.7. The maximum absolute atomic E-state index is 11.5. The lowest BCUT2D eigenvalue weighted by Crippen LogP contribution is -2.54. The topological polar surface area (TPSA) is 136 Å². The Labute approximate surface area is 109 Å². The van der Waals surface area contributed by atoms with Gasteiger partial charge in [0.05, 0.1) is 24.1 Å². The van der Waals surface area contributed by atoms with Gasteiger partial charge in [0.15, 0.2) is 0 Å². The average Bonchev–Trinajstić information content (AvgIpc) is 2.37. The van der Waals surface area contributed by atoms with E-state index in [2.05, 4.69) is 5.32 Å². The number of carbonyl (C=O) groups is 1. The van der Waals surface area contributed by atoms with E-state index in [1.807, 2.05) is 0 Å². The van der Waals surface area contributed by atoms with Gasteiger partial charge in [-0.15, -0.1) is 11.8 Å². The van der Waals surface area contributed by atoms with Crippen molar-refractivity contribution in [3.8, 4) is 0 Å². The summed E-state index contributed by atoms with van der Waals surface area (Å²) in [5.41, 5.74) is 5.25. The van der Waals surface area contributed by atoms with Gasteiger partial charge >= 0.3 is 0 Å². The molecule has 1 aliphatic rings. The van der Waals surface area contributed by atoms with Crippen LogP contribution in [0.2, 0.25) is 0 Å². The van der Waals surface area contributed by atoms with Crippen LogP contribution in [0.15, 0.2) is 0 Å². The molecule has 1 amide bonds. The van der Waals surface area contributed by atoms with Gasteiger partial charge < -0.3 is 31.5 Å². The molecule has 1 rings (SSSR count). The quantitative estimate of drug-likeness (QED) is 0.316. The minimum absolute atomic E-state index is 0.00606. The summed E-state index contributed by atoms with van der Waals surface area (Å²) in [6, 6.07) is 0. The fourth-order valence-electron chi connectivity index (χ4n) is 1.81. The molecule has 106 valence electrons. The summed E-state index contributed by atoms with van der Waals surface area (Å²) in [6.45, 7) is 0.351. The standard InChI is InChI=1S/C10H20N2O5S/c11-1-2-12-7(14)3-5-8(15)10(17)9(16)6(4-13)18-5/h5-6,8-10,13,15-17H,1-4,11H2,(H,12,14)/t5-,6+,8-,9-,10+/m0/s1. The maximum Gasteiger partial charge on any atom is 0.221 e. The minimum Gasteiger partial charge on any atom is -0.395 e.